The monoisotopic (exact) mass is 249 g/mol. The first kappa shape index (κ1) is 12.8. The van der Waals surface area contributed by atoms with Crippen molar-refractivity contribution in [3.05, 3.63) is 18.1 Å². The number of rotatable bonds is 3. The van der Waals surface area contributed by atoms with Gasteiger partial charge in [-0.15, -0.1) is 0 Å². The molecule has 2 heterocycles. The van der Waals surface area contributed by atoms with Gasteiger partial charge in [0.2, 0.25) is 5.91 Å². The summed E-state index contributed by atoms with van der Waals surface area (Å²) in [6.45, 7) is 4.36. The van der Waals surface area contributed by atoms with E-state index in [0.29, 0.717) is 12.4 Å². The molecule has 1 aromatic heterocycles. The average Bonchev–Trinajstić information content (AvgIpc) is 2.74. The highest BCUT2D eigenvalue weighted by atomic mass is 16.2. The smallest absolute Gasteiger partial charge is 0.227 e. The molecule has 6 nitrogen and oxygen atoms in total. The van der Waals surface area contributed by atoms with Gasteiger partial charge in [0.25, 0.3) is 0 Å². The molecule has 0 spiro atoms. The zero-order valence-electron chi connectivity index (χ0n) is 10.8. The number of nitrogens with two attached hydrogens (primary N) is 1. The summed E-state index contributed by atoms with van der Waals surface area (Å²) >= 11 is 0. The standard InChI is InChI=1S/C12H19N5O/c1-12(11(18)14-2)3-4-17(8-12)7-9-5-16-10(13)6-15-9/h5-6H,3-4,7-8H2,1-2H3,(H2,13,16)(H,14,18). The van der Waals surface area contributed by atoms with Gasteiger partial charge in [0.05, 0.1) is 23.5 Å². The van der Waals surface area contributed by atoms with E-state index < -0.39 is 0 Å². The van der Waals surface area contributed by atoms with Gasteiger partial charge in [-0.25, -0.2) is 4.98 Å². The minimum Gasteiger partial charge on any atom is -0.382 e. The molecule has 1 aliphatic heterocycles. The number of amides is 1. The first-order valence-electron chi connectivity index (χ1n) is 6.04. The highest BCUT2D eigenvalue weighted by Gasteiger charge is 2.39. The van der Waals surface area contributed by atoms with Crippen LogP contribution in [0.15, 0.2) is 12.4 Å². The van der Waals surface area contributed by atoms with Gasteiger partial charge in [0, 0.05) is 20.1 Å². The average molecular weight is 249 g/mol. The molecule has 1 aliphatic rings. The second-order valence-corrected chi connectivity index (χ2v) is 5.03. The van der Waals surface area contributed by atoms with E-state index in [4.69, 9.17) is 5.73 Å². The molecule has 1 saturated heterocycles. The molecule has 1 fully saturated rings. The Balaban J connectivity index is 1.97. The van der Waals surface area contributed by atoms with Gasteiger partial charge in [0.1, 0.15) is 5.82 Å². The minimum absolute atomic E-state index is 0.105. The van der Waals surface area contributed by atoms with Crippen molar-refractivity contribution in [3.8, 4) is 0 Å². The summed E-state index contributed by atoms with van der Waals surface area (Å²) in [6, 6.07) is 0. The first-order valence-corrected chi connectivity index (χ1v) is 6.04. The Morgan fingerprint density at radius 2 is 2.33 bits per heavy atom. The van der Waals surface area contributed by atoms with Gasteiger partial charge >= 0.3 is 0 Å². The van der Waals surface area contributed by atoms with E-state index in [0.717, 1.165) is 25.2 Å². The predicted octanol–water partition coefficient (Wildman–Crippen LogP) is 0.0168. The lowest BCUT2D eigenvalue weighted by Crippen LogP contribution is -2.39. The molecule has 18 heavy (non-hydrogen) atoms. The zero-order chi connectivity index (χ0) is 13.2. The van der Waals surface area contributed by atoms with Crippen molar-refractivity contribution in [2.24, 2.45) is 5.41 Å². The number of carbonyl (C=O) groups excluding carboxylic acids is 1. The third-order valence-corrected chi connectivity index (χ3v) is 3.44. The zero-order valence-corrected chi connectivity index (χ0v) is 10.8. The summed E-state index contributed by atoms with van der Waals surface area (Å²) in [6.07, 6.45) is 4.11. The summed E-state index contributed by atoms with van der Waals surface area (Å²) in [7, 11) is 1.68. The van der Waals surface area contributed by atoms with Crippen molar-refractivity contribution < 1.29 is 4.79 Å². The van der Waals surface area contributed by atoms with Crippen molar-refractivity contribution >= 4 is 11.7 Å². The molecule has 0 radical (unpaired) electrons. The molecule has 0 saturated carbocycles. The fraction of sp³-hybridized carbons (Fsp3) is 0.583. The number of nitrogens with one attached hydrogen (secondary N) is 1. The number of aromatic nitrogens is 2. The van der Waals surface area contributed by atoms with E-state index in [2.05, 4.69) is 20.2 Å². The van der Waals surface area contributed by atoms with Crippen LogP contribution in [-0.2, 0) is 11.3 Å². The third-order valence-electron chi connectivity index (χ3n) is 3.44. The van der Waals surface area contributed by atoms with Crippen LogP contribution in [0.1, 0.15) is 19.0 Å². The van der Waals surface area contributed by atoms with Crippen LogP contribution in [0.25, 0.3) is 0 Å². The van der Waals surface area contributed by atoms with Gasteiger partial charge in [-0.05, 0) is 19.9 Å². The van der Waals surface area contributed by atoms with Crippen molar-refractivity contribution in [2.45, 2.75) is 19.9 Å². The first-order chi connectivity index (χ1) is 8.53. The van der Waals surface area contributed by atoms with Crippen molar-refractivity contribution in [2.75, 3.05) is 25.9 Å². The van der Waals surface area contributed by atoms with Crippen LogP contribution in [-0.4, -0.2) is 40.9 Å². The summed E-state index contributed by atoms with van der Waals surface area (Å²) in [5, 5.41) is 2.73. The SMILES string of the molecule is CNC(=O)C1(C)CCN(Cc2cnc(N)cn2)C1. The molecule has 1 unspecified atom stereocenters. The quantitative estimate of drug-likeness (QED) is 0.788. The molecule has 0 aliphatic carbocycles. The summed E-state index contributed by atoms with van der Waals surface area (Å²) < 4.78 is 0. The number of nitrogen functional groups attached to an aromatic ring is 1. The Morgan fingerprint density at radius 1 is 1.56 bits per heavy atom. The Bertz CT molecular complexity index is 433. The Hall–Kier alpha value is -1.69. The van der Waals surface area contributed by atoms with Crippen molar-refractivity contribution in [1.29, 1.82) is 0 Å². The fourth-order valence-electron chi connectivity index (χ4n) is 2.35. The fourth-order valence-corrected chi connectivity index (χ4v) is 2.35. The molecule has 0 bridgehead atoms. The van der Waals surface area contributed by atoms with Crippen LogP contribution in [0.4, 0.5) is 5.82 Å². The van der Waals surface area contributed by atoms with Crippen LogP contribution in [0.2, 0.25) is 0 Å². The van der Waals surface area contributed by atoms with E-state index in [1.165, 1.54) is 0 Å². The second-order valence-electron chi connectivity index (χ2n) is 5.03. The number of carbonyl (C=O) groups is 1. The summed E-state index contributed by atoms with van der Waals surface area (Å²) in [4.78, 5) is 22.3. The number of nitrogens with zero attached hydrogens (tertiary/aromatic N) is 3. The molecular weight excluding hydrogens is 230 g/mol. The van der Waals surface area contributed by atoms with Crippen LogP contribution in [0.3, 0.4) is 0 Å². The van der Waals surface area contributed by atoms with Crippen molar-refractivity contribution in [1.82, 2.24) is 20.2 Å². The number of hydrogen-bond donors (Lipinski definition) is 2. The molecule has 0 aromatic carbocycles. The van der Waals surface area contributed by atoms with Crippen molar-refractivity contribution in [3.63, 3.8) is 0 Å². The van der Waals surface area contributed by atoms with Gasteiger partial charge < -0.3 is 11.1 Å². The van der Waals surface area contributed by atoms with E-state index in [1.54, 1.807) is 19.4 Å². The maximum Gasteiger partial charge on any atom is 0.227 e. The summed E-state index contributed by atoms with van der Waals surface area (Å²) in [5.41, 5.74) is 6.08. The van der Waals surface area contributed by atoms with Crippen LogP contribution < -0.4 is 11.1 Å². The minimum atomic E-state index is -0.296. The molecule has 98 valence electrons. The maximum atomic E-state index is 11.8. The Kier molecular flexibility index (Phi) is 3.47. The number of anilines is 1. The molecule has 6 heteroatoms. The van der Waals surface area contributed by atoms with E-state index >= 15 is 0 Å². The van der Waals surface area contributed by atoms with Gasteiger partial charge in [-0.2, -0.15) is 0 Å². The summed E-state index contributed by atoms with van der Waals surface area (Å²) in [5.74, 6) is 0.531. The van der Waals surface area contributed by atoms with Crippen LogP contribution >= 0.6 is 0 Å². The lowest BCUT2D eigenvalue weighted by atomic mass is 9.89. The lowest BCUT2D eigenvalue weighted by molar-refractivity contribution is -0.129. The number of hydrogen-bond acceptors (Lipinski definition) is 5. The Labute approximate surface area is 107 Å². The normalized spacial score (nSPS) is 24.1. The highest BCUT2D eigenvalue weighted by molar-refractivity contribution is 5.82. The molecule has 3 N–H and O–H groups in total. The molecule has 1 atom stereocenters. The maximum absolute atomic E-state index is 11.8. The van der Waals surface area contributed by atoms with Crippen LogP contribution in [0, 0.1) is 5.41 Å². The second kappa shape index (κ2) is 4.89. The van der Waals surface area contributed by atoms with Gasteiger partial charge in [-0.1, -0.05) is 0 Å². The molecule has 1 amide bonds. The largest absolute Gasteiger partial charge is 0.382 e. The topological polar surface area (TPSA) is 84.1 Å². The predicted molar refractivity (Wildman–Crippen MR) is 68.5 cm³/mol. The molecule has 2 rings (SSSR count). The Morgan fingerprint density at radius 3 is 2.94 bits per heavy atom. The van der Waals surface area contributed by atoms with E-state index in [-0.39, 0.29) is 11.3 Å². The third kappa shape index (κ3) is 2.59. The molecular formula is C12H19N5O. The van der Waals surface area contributed by atoms with Gasteiger partial charge in [-0.3, -0.25) is 14.7 Å². The number of likely N-dealkylation sites (tertiary alicyclic amines) is 1. The van der Waals surface area contributed by atoms with Crippen LogP contribution in [0.5, 0.6) is 0 Å². The van der Waals surface area contributed by atoms with Gasteiger partial charge in [0.15, 0.2) is 0 Å². The van der Waals surface area contributed by atoms with E-state index in [1.807, 2.05) is 6.92 Å². The molecule has 1 aromatic rings. The lowest BCUT2D eigenvalue weighted by Gasteiger charge is -2.22. The van der Waals surface area contributed by atoms with E-state index in [9.17, 15) is 4.79 Å². The highest BCUT2D eigenvalue weighted by Crippen LogP contribution is 2.30.